The highest BCUT2D eigenvalue weighted by molar-refractivity contribution is 5.69. The van der Waals surface area contributed by atoms with Gasteiger partial charge < -0.3 is 14.6 Å². The number of aromatic nitrogens is 1. The number of benzene rings is 1. The van der Waals surface area contributed by atoms with Crippen molar-refractivity contribution in [2.45, 2.75) is 51.4 Å². The Labute approximate surface area is 172 Å². The van der Waals surface area contributed by atoms with Crippen LogP contribution in [0.1, 0.15) is 56.1 Å². The van der Waals surface area contributed by atoms with Gasteiger partial charge in [-0.3, -0.25) is 4.79 Å². The molecule has 0 fully saturated rings. The Hall–Kier alpha value is -2.82. The summed E-state index contributed by atoms with van der Waals surface area (Å²) in [7, 11) is 1.63. The van der Waals surface area contributed by atoms with Gasteiger partial charge in [0.15, 0.2) is 0 Å². The zero-order chi connectivity index (χ0) is 20.5. The predicted octanol–water partition coefficient (Wildman–Crippen LogP) is 5.29. The molecule has 1 aromatic heterocycles. The Morgan fingerprint density at radius 2 is 1.86 bits per heavy atom. The molecule has 3 rings (SSSR count). The number of carbonyl (C=O) groups is 1. The Bertz CT molecular complexity index is 825. The normalized spacial score (nSPS) is 14.4. The largest absolute Gasteiger partial charge is 0.489 e. The van der Waals surface area contributed by atoms with Crippen molar-refractivity contribution >= 4 is 11.5 Å². The molecule has 1 N–H and O–H groups in total. The highest BCUT2D eigenvalue weighted by Crippen LogP contribution is 2.32. The van der Waals surface area contributed by atoms with E-state index in [1.54, 1.807) is 7.11 Å². The third-order valence-electron chi connectivity index (χ3n) is 5.32. The third kappa shape index (κ3) is 6.34. The summed E-state index contributed by atoms with van der Waals surface area (Å²) in [5.41, 5.74) is 4.99. The van der Waals surface area contributed by atoms with E-state index in [-0.39, 0.29) is 6.42 Å². The number of nitrogens with zero attached hydrogens (tertiary/aromatic N) is 1. The van der Waals surface area contributed by atoms with E-state index in [4.69, 9.17) is 14.6 Å². The monoisotopic (exact) mass is 395 g/mol. The average Bonchev–Trinajstić information content (AvgIpc) is 2.98. The van der Waals surface area contributed by atoms with Gasteiger partial charge in [-0.25, -0.2) is 4.98 Å². The number of carboxylic acids is 1. The molecule has 5 heteroatoms. The summed E-state index contributed by atoms with van der Waals surface area (Å²) in [6.45, 7) is 0.583. The predicted molar refractivity (Wildman–Crippen MR) is 113 cm³/mol. The maximum atomic E-state index is 10.6. The molecule has 0 aliphatic heterocycles. The zero-order valence-corrected chi connectivity index (χ0v) is 17.0. The summed E-state index contributed by atoms with van der Waals surface area (Å²) < 4.78 is 11.3. The fourth-order valence-corrected chi connectivity index (χ4v) is 3.70. The van der Waals surface area contributed by atoms with Gasteiger partial charge in [-0.05, 0) is 79.0 Å². The number of methoxy groups -OCH3 is 1. The van der Waals surface area contributed by atoms with E-state index in [1.165, 1.54) is 30.4 Å². The van der Waals surface area contributed by atoms with Crippen LogP contribution < -0.4 is 9.47 Å². The third-order valence-corrected chi connectivity index (χ3v) is 5.32. The van der Waals surface area contributed by atoms with E-state index in [1.807, 2.05) is 36.5 Å². The second-order valence-electron chi connectivity index (χ2n) is 7.41. The minimum atomic E-state index is -0.746. The first kappa shape index (κ1) is 20.9. The van der Waals surface area contributed by atoms with Crippen LogP contribution in [-0.2, 0) is 11.2 Å². The highest BCUT2D eigenvalue weighted by Gasteiger charge is 2.14. The van der Waals surface area contributed by atoms with E-state index in [9.17, 15) is 4.79 Å². The van der Waals surface area contributed by atoms with Crippen LogP contribution in [0.25, 0.3) is 5.57 Å². The van der Waals surface area contributed by atoms with Crippen LogP contribution in [-0.4, -0.2) is 29.8 Å². The molecular weight excluding hydrogens is 366 g/mol. The molecule has 1 aliphatic rings. The number of pyridine rings is 1. The van der Waals surface area contributed by atoms with E-state index in [2.05, 4.69) is 11.1 Å². The Balaban J connectivity index is 1.65. The maximum Gasteiger partial charge on any atom is 0.303 e. The first-order valence-electron chi connectivity index (χ1n) is 10.3. The quantitative estimate of drug-likeness (QED) is 0.624. The minimum Gasteiger partial charge on any atom is -0.489 e. The van der Waals surface area contributed by atoms with Crippen molar-refractivity contribution in [3.8, 4) is 11.6 Å². The van der Waals surface area contributed by atoms with Crippen molar-refractivity contribution in [1.82, 2.24) is 4.98 Å². The van der Waals surface area contributed by atoms with Crippen LogP contribution in [0.5, 0.6) is 11.6 Å². The number of aliphatic carboxylic acids is 1. The maximum absolute atomic E-state index is 10.6. The van der Waals surface area contributed by atoms with E-state index in [0.29, 0.717) is 18.9 Å². The summed E-state index contributed by atoms with van der Waals surface area (Å²) in [6, 6.07) is 12.0. The minimum absolute atomic E-state index is 0.204. The van der Waals surface area contributed by atoms with E-state index in [0.717, 1.165) is 36.1 Å². The lowest BCUT2D eigenvalue weighted by Gasteiger charge is -2.15. The number of allylic oxidation sites excluding steroid dienone is 1. The molecule has 0 bridgehead atoms. The van der Waals surface area contributed by atoms with E-state index < -0.39 is 5.97 Å². The van der Waals surface area contributed by atoms with Gasteiger partial charge in [0.25, 0.3) is 0 Å². The topological polar surface area (TPSA) is 68.7 Å². The van der Waals surface area contributed by atoms with Gasteiger partial charge in [-0.1, -0.05) is 18.6 Å². The van der Waals surface area contributed by atoms with E-state index >= 15 is 0 Å². The summed E-state index contributed by atoms with van der Waals surface area (Å²) in [6.07, 6.45) is 9.24. The lowest BCUT2D eigenvalue weighted by molar-refractivity contribution is -0.137. The van der Waals surface area contributed by atoms with Crippen LogP contribution >= 0.6 is 0 Å². The number of rotatable bonds is 9. The van der Waals surface area contributed by atoms with Crippen molar-refractivity contribution in [3.63, 3.8) is 0 Å². The first-order chi connectivity index (χ1) is 14.2. The number of aryl methyl sites for hydroxylation is 1. The number of ether oxygens (including phenoxy) is 2. The molecule has 0 radical (unpaired) electrons. The van der Waals surface area contributed by atoms with Gasteiger partial charge in [0.05, 0.1) is 7.11 Å². The lowest BCUT2D eigenvalue weighted by atomic mass is 9.97. The fourth-order valence-electron chi connectivity index (χ4n) is 3.70. The van der Waals surface area contributed by atoms with Crippen LogP contribution in [0, 0.1) is 0 Å². The van der Waals surface area contributed by atoms with Gasteiger partial charge in [0, 0.05) is 18.7 Å². The molecule has 0 amide bonds. The molecule has 1 heterocycles. The van der Waals surface area contributed by atoms with Crippen molar-refractivity contribution in [2.24, 2.45) is 0 Å². The van der Waals surface area contributed by atoms with Gasteiger partial charge in [-0.15, -0.1) is 0 Å². The molecule has 0 saturated heterocycles. The Morgan fingerprint density at radius 3 is 2.55 bits per heavy atom. The van der Waals surface area contributed by atoms with Crippen molar-refractivity contribution < 1.29 is 19.4 Å². The van der Waals surface area contributed by atoms with Crippen molar-refractivity contribution in [3.05, 3.63) is 59.3 Å². The van der Waals surface area contributed by atoms with Gasteiger partial charge in [0.1, 0.15) is 12.4 Å². The molecule has 5 nitrogen and oxygen atoms in total. The summed E-state index contributed by atoms with van der Waals surface area (Å²) in [4.78, 5) is 15.0. The molecule has 0 unspecified atom stereocenters. The van der Waals surface area contributed by atoms with Crippen LogP contribution in [0.2, 0.25) is 0 Å². The first-order valence-corrected chi connectivity index (χ1v) is 10.3. The standard InChI is InChI=1S/C24H29NO4/c1-28-23-15-12-19(16-25-23)22-8-4-2-3-7-20(22)17-29-21-13-10-18(11-14-21)6-5-9-24(26)27/h10-16H,2-9,17H2,1H3,(H,26,27). The van der Waals surface area contributed by atoms with Gasteiger partial charge in [0.2, 0.25) is 5.88 Å². The zero-order valence-electron chi connectivity index (χ0n) is 17.0. The Morgan fingerprint density at radius 1 is 1.07 bits per heavy atom. The number of hydrogen-bond acceptors (Lipinski definition) is 4. The molecule has 29 heavy (non-hydrogen) atoms. The molecule has 2 aromatic rings. The second kappa shape index (κ2) is 10.6. The molecular formula is C24H29NO4. The average molecular weight is 395 g/mol. The molecule has 1 aromatic carbocycles. The van der Waals surface area contributed by atoms with Crippen molar-refractivity contribution in [2.75, 3.05) is 13.7 Å². The van der Waals surface area contributed by atoms with Gasteiger partial charge in [-0.2, -0.15) is 0 Å². The second-order valence-corrected chi connectivity index (χ2v) is 7.41. The smallest absolute Gasteiger partial charge is 0.303 e. The molecule has 0 atom stereocenters. The van der Waals surface area contributed by atoms with Crippen molar-refractivity contribution in [1.29, 1.82) is 0 Å². The molecule has 154 valence electrons. The molecule has 0 spiro atoms. The Kier molecular flexibility index (Phi) is 7.68. The fraction of sp³-hybridized carbons (Fsp3) is 0.417. The number of carboxylic acid groups (broad SMARTS) is 1. The van der Waals surface area contributed by atoms with Crippen LogP contribution in [0.4, 0.5) is 0 Å². The van der Waals surface area contributed by atoms with Gasteiger partial charge >= 0.3 is 5.97 Å². The lowest BCUT2D eigenvalue weighted by Crippen LogP contribution is -2.04. The molecule has 1 aliphatic carbocycles. The summed E-state index contributed by atoms with van der Waals surface area (Å²) >= 11 is 0. The molecule has 0 saturated carbocycles. The van der Waals surface area contributed by atoms with Crippen LogP contribution in [0.3, 0.4) is 0 Å². The van der Waals surface area contributed by atoms with Crippen LogP contribution in [0.15, 0.2) is 48.2 Å². The SMILES string of the molecule is COc1ccc(C2=C(COc3ccc(CCCC(=O)O)cc3)CCCCC2)cn1. The number of hydrogen-bond donors (Lipinski definition) is 1. The summed E-state index contributed by atoms with van der Waals surface area (Å²) in [5.74, 6) is 0.727. The summed E-state index contributed by atoms with van der Waals surface area (Å²) in [5, 5.41) is 8.74. The highest BCUT2D eigenvalue weighted by atomic mass is 16.5.